The summed E-state index contributed by atoms with van der Waals surface area (Å²) in [4.78, 5) is 0. The van der Waals surface area contributed by atoms with Gasteiger partial charge in [0.2, 0.25) is 0 Å². The van der Waals surface area contributed by atoms with E-state index in [4.69, 9.17) is 11.5 Å². The van der Waals surface area contributed by atoms with Gasteiger partial charge in [0.1, 0.15) is 6.17 Å². The van der Waals surface area contributed by atoms with Gasteiger partial charge >= 0.3 is 0 Å². The maximum atomic E-state index is 10.6. The van der Waals surface area contributed by atoms with Gasteiger partial charge in [-0.1, -0.05) is 0 Å². The van der Waals surface area contributed by atoms with Gasteiger partial charge in [-0.15, -0.1) is 0 Å². The van der Waals surface area contributed by atoms with Crippen LogP contribution in [0.2, 0.25) is 0 Å². The number of hydrogen-bond donors (Lipinski definition) is 3. The molecular weight excluding hydrogens is 130 g/mol. The molecule has 0 heterocycles. The average Bonchev–Trinajstić information content (AvgIpc) is 1.88. The third-order valence-corrected chi connectivity index (χ3v) is 1.49. The second-order valence-corrected chi connectivity index (χ2v) is 2.50. The molecule has 62 valence electrons. The zero-order valence-corrected chi connectivity index (χ0v) is 6.47. The molecule has 0 aromatic carbocycles. The van der Waals surface area contributed by atoms with Crippen molar-refractivity contribution in [2.24, 2.45) is 11.5 Å². The lowest BCUT2D eigenvalue weighted by Crippen LogP contribution is -3.10. The number of hydroxylamine groups is 2. The summed E-state index contributed by atoms with van der Waals surface area (Å²) in [6.45, 7) is 0.685. The number of nitrogens with one attached hydrogen (secondary N) is 1. The Kier molecular flexibility index (Phi) is 5.52. The fourth-order valence-corrected chi connectivity index (χ4v) is 0.712. The zero-order chi connectivity index (χ0) is 7.98. The van der Waals surface area contributed by atoms with Gasteiger partial charge in [0.15, 0.2) is 0 Å². The minimum absolute atomic E-state index is 0.0667. The van der Waals surface area contributed by atoms with Gasteiger partial charge in [-0.2, -0.15) is 0 Å². The van der Waals surface area contributed by atoms with Crippen molar-refractivity contribution in [2.75, 3.05) is 13.6 Å². The molecule has 0 amide bonds. The SMILES string of the molecule is C[NH+]([O-])[C@@H](N)CCCCN. The third-order valence-electron chi connectivity index (χ3n) is 1.49. The Morgan fingerprint density at radius 1 is 1.50 bits per heavy atom. The molecule has 5 N–H and O–H groups in total. The summed E-state index contributed by atoms with van der Waals surface area (Å²) in [6.07, 6.45) is 2.41. The predicted octanol–water partition coefficient (Wildman–Crippen LogP) is -1.59. The molecule has 0 aromatic rings. The highest BCUT2D eigenvalue weighted by Crippen LogP contribution is 1.92. The van der Waals surface area contributed by atoms with E-state index in [0.29, 0.717) is 6.54 Å². The molecule has 2 atom stereocenters. The van der Waals surface area contributed by atoms with Crippen molar-refractivity contribution in [3.63, 3.8) is 0 Å². The first-order valence-corrected chi connectivity index (χ1v) is 3.64. The summed E-state index contributed by atoms with van der Waals surface area (Å²) in [7, 11) is 1.52. The van der Waals surface area contributed by atoms with E-state index in [1.54, 1.807) is 0 Å². The molecule has 0 aromatic heterocycles. The number of quaternary nitrogens is 1. The van der Waals surface area contributed by atoms with Gasteiger partial charge in [0.25, 0.3) is 0 Å². The van der Waals surface area contributed by atoms with Crippen LogP contribution in [-0.4, -0.2) is 19.8 Å². The molecule has 0 aliphatic carbocycles. The maximum Gasteiger partial charge on any atom is 0.138 e. The van der Waals surface area contributed by atoms with E-state index >= 15 is 0 Å². The van der Waals surface area contributed by atoms with Crippen LogP contribution in [0.3, 0.4) is 0 Å². The van der Waals surface area contributed by atoms with Crippen LogP contribution >= 0.6 is 0 Å². The van der Waals surface area contributed by atoms with Gasteiger partial charge < -0.3 is 16.0 Å². The van der Waals surface area contributed by atoms with E-state index in [0.717, 1.165) is 19.3 Å². The van der Waals surface area contributed by atoms with Crippen molar-refractivity contribution < 1.29 is 5.06 Å². The summed E-state index contributed by atoms with van der Waals surface area (Å²) < 4.78 is 0. The van der Waals surface area contributed by atoms with Gasteiger partial charge in [0.05, 0.1) is 7.05 Å². The molecule has 0 fully saturated rings. The highest BCUT2D eigenvalue weighted by Gasteiger charge is 2.03. The highest BCUT2D eigenvalue weighted by molar-refractivity contribution is 4.47. The normalized spacial score (nSPS) is 16.8. The van der Waals surface area contributed by atoms with Gasteiger partial charge in [-0.3, -0.25) is 5.73 Å². The molecule has 0 rings (SSSR count). The maximum absolute atomic E-state index is 10.6. The molecule has 0 spiro atoms. The van der Waals surface area contributed by atoms with Crippen LogP contribution in [0.5, 0.6) is 0 Å². The van der Waals surface area contributed by atoms with Crippen molar-refractivity contribution in [3.8, 4) is 0 Å². The van der Waals surface area contributed by atoms with Crippen molar-refractivity contribution in [3.05, 3.63) is 5.21 Å². The molecular formula is C6H17N3O. The van der Waals surface area contributed by atoms with Gasteiger partial charge in [0, 0.05) is 6.42 Å². The predicted molar refractivity (Wildman–Crippen MR) is 41.1 cm³/mol. The van der Waals surface area contributed by atoms with Gasteiger partial charge in [-0.05, 0) is 19.4 Å². The van der Waals surface area contributed by atoms with E-state index in [1.807, 2.05) is 0 Å². The Labute approximate surface area is 61.8 Å². The van der Waals surface area contributed by atoms with Crippen molar-refractivity contribution in [1.82, 2.24) is 0 Å². The molecule has 0 aliphatic heterocycles. The number of unbranched alkanes of at least 4 members (excludes halogenated alkanes) is 1. The molecule has 0 bridgehead atoms. The third kappa shape index (κ3) is 4.69. The Balaban J connectivity index is 3.13. The minimum Gasteiger partial charge on any atom is -0.633 e. The molecule has 4 nitrogen and oxygen atoms in total. The molecule has 0 aliphatic rings. The van der Waals surface area contributed by atoms with Crippen LogP contribution in [0.4, 0.5) is 0 Å². The van der Waals surface area contributed by atoms with Crippen molar-refractivity contribution in [2.45, 2.75) is 25.4 Å². The molecule has 10 heavy (non-hydrogen) atoms. The summed E-state index contributed by atoms with van der Waals surface area (Å²) in [6, 6.07) is 0. The van der Waals surface area contributed by atoms with Crippen LogP contribution in [0.15, 0.2) is 0 Å². The van der Waals surface area contributed by atoms with Crippen LogP contribution in [-0.2, 0) is 0 Å². The molecule has 0 saturated heterocycles. The quantitative estimate of drug-likeness (QED) is 0.249. The number of hydrogen-bond acceptors (Lipinski definition) is 3. The minimum atomic E-state index is -0.272. The van der Waals surface area contributed by atoms with Crippen LogP contribution < -0.4 is 16.5 Å². The van der Waals surface area contributed by atoms with E-state index in [-0.39, 0.29) is 11.2 Å². The molecule has 0 saturated carbocycles. The molecule has 4 heteroatoms. The lowest BCUT2D eigenvalue weighted by atomic mass is 10.2. The lowest BCUT2D eigenvalue weighted by molar-refractivity contribution is -0.854. The van der Waals surface area contributed by atoms with Gasteiger partial charge in [-0.25, -0.2) is 0 Å². The van der Waals surface area contributed by atoms with Crippen LogP contribution in [0.1, 0.15) is 19.3 Å². The second kappa shape index (κ2) is 5.61. The first kappa shape index (κ1) is 9.84. The lowest BCUT2D eigenvalue weighted by Gasteiger charge is -2.23. The molecule has 1 unspecified atom stereocenters. The van der Waals surface area contributed by atoms with Crippen molar-refractivity contribution >= 4 is 0 Å². The van der Waals surface area contributed by atoms with E-state index in [9.17, 15) is 5.21 Å². The van der Waals surface area contributed by atoms with Crippen LogP contribution in [0.25, 0.3) is 0 Å². The Bertz CT molecular complexity index is 77.4. The van der Waals surface area contributed by atoms with E-state index in [1.165, 1.54) is 7.05 Å². The first-order chi connectivity index (χ1) is 4.68. The second-order valence-electron chi connectivity index (χ2n) is 2.50. The largest absolute Gasteiger partial charge is 0.633 e. The van der Waals surface area contributed by atoms with Crippen molar-refractivity contribution in [1.29, 1.82) is 0 Å². The zero-order valence-electron chi connectivity index (χ0n) is 6.47. The summed E-state index contributed by atoms with van der Waals surface area (Å²) in [5.74, 6) is 0. The number of nitrogens with two attached hydrogens (primary N) is 2. The Morgan fingerprint density at radius 3 is 2.50 bits per heavy atom. The summed E-state index contributed by atoms with van der Waals surface area (Å²) in [5.41, 5.74) is 10.7. The average molecular weight is 147 g/mol. The summed E-state index contributed by atoms with van der Waals surface area (Å²) >= 11 is 0. The monoisotopic (exact) mass is 147 g/mol. The fraction of sp³-hybridized carbons (Fsp3) is 1.00. The smallest absolute Gasteiger partial charge is 0.138 e. The van der Waals surface area contributed by atoms with Crippen LogP contribution in [0, 0.1) is 5.21 Å². The Hall–Kier alpha value is -0.160. The fourth-order valence-electron chi connectivity index (χ4n) is 0.712. The Morgan fingerprint density at radius 2 is 2.10 bits per heavy atom. The van der Waals surface area contributed by atoms with E-state index in [2.05, 4.69) is 0 Å². The highest BCUT2D eigenvalue weighted by atomic mass is 16.5. The topological polar surface area (TPSA) is 79.5 Å². The molecule has 0 radical (unpaired) electrons. The van der Waals surface area contributed by atoms with E-state index < -0.39 is 0 Å². The standard InChI is InChI=1S/C6H17N3O/c1-9(10)6(8)4-2-3-5-7/h6,9H,2-5,7-8H2,1H3/t6-/m1/s1. The summed E-state index contributed by atoms with van der Waals surface area (Å²) in [5, 5.41) is 10.6. The number of rotatable bonds is 5. The first-order valence-electron chi connectivity index (χ1n) is 3.64.